The molecule has 1 saturated heterocycles. The number of sulfonamides is 1. The number of benzene rings is 2. The summed E-state index contributed by atoms with van der Waals surface area (Å²) in [7, 11) is -9.02. The smallest absolute Gasteiger partial charge is 0.469 e. The molecule has 3 N–H and O–H groups in total. The van der Waals surface area contributed by atoms with Crippen LogP contribution < -0.4 is 10.5 Å². The average molecular weight is 624 g/mol. The van der Waals surface area contributed by atoms with E-state index in [4.69, 9.17) is 9.88 Å². The zero-order valence-corrected chi connectivity index (χ0v) is 24.4. The largest absolute Gasteiger partial charge is 0.501 e. The van der Waals surface area contributed by atoms with Gasteiger partial charge >= 0.3 is 11.5 Å². The predicted octanol–water partition coefficient (Wildman–Crippen LogP) is 3.87. The molecular weight excluding hydrogens is 591 g/mol. The maximum atomic E-state index is 13.5. The van der Waals surface area contributed by atoms with Gasteiger partial charge in [-0.05, 0) is 69.6 Å². The van der Waals surface area contributed by atoms with Crippen LogP contribution in [0.25, 0.3) is 0 Å². The number of hydrogen-bond donors (Lipinski definition) is 2. The SMILES string of the molecule is COC(=O)C1(C)CCN(CC[C@H](CSc2ccccc2)Nc2ccc(S(N)(=O)=O)cc2S(=O)(=O)C(F)(F)F)CC1. The van der Waals surface area contributed by atoms with Crippen molar-refractivity contribution in [1.82, 2.24) is 4.90 Å². The molecule has 3 rings (SSSR count). The minimum absolute atomic E-state index is 0.271. The number of nitrogens with zero attached hydrogens (tertiary/aromatic N) is 1. The van der Waals surface area contributed by atoms with Crippen molar-refractivity contribution in [2.75, 3.05) is 37.8 Å². The number of carbonyl (C=O) groups excluding carboxylic acids is 1. The summed E-state index contributed by atoms with van der Waals surface area (Å²) in [4.78, 5) is 13.2. The van der Waals surface area contributed by atoms with Gasteiger partial charge < -0.3 is 15.0 Å². The Morgan fingerprint density at radius 2 is 1.75 bits per heavy atom. The van der Waals surface area contributed by atoms with Crippen LogP contribution >= 0.6 is 11.8 Å². The molecule has 0 spiro atoms. The highest BCUT2D eigenvalue weighted by molar-refractivity contribution is 7.99. The molecule has 0 radical (unpaired) electrons. The highest BCUT2D eigenvalue weighted by Gasteiger charge is 2.48. The van der Waals surface area contributed by atoms with E-state index < -0.39 is 46.6 Å². The third-order valence-corrected chi connectivity index (χ3v) is 10.5. The fourth-order valence-electron chi connectivity index (χ4n) is 4.34. The summed E-state index contributed by atoms with van der Waals surface area (Å²) in [6, 6.07) is 11.2. The summed E-state index contributed by atoms with van der Waals surface area (Å²) in [6.07, 6.45) is 1.59. The summed E-state index contributed by atoms with van der Waals surface area (Å²) >= 11 is 1.44. The molecular formula is C25H32F3N3O6S3. The van der Waals surface area contributed by atoms with Gasteiger partial charge in [0, 0.05) is 23.2 Å². The number of rotatable bonds is 11. The highest BCUT2D eigenvalue weighted by atomic mass is 32.2. The number of ether oxygens (including phenoxy) is 1. The van der Waals surface area contributed by atoms with Crippen molar-refractivity contribution in [3.8, 4) is 0 Å². The Morgan fingerprint density at radius 1 is 1.12 bits per heavy atom. The Labute approximate surface area is 236 Å². The molecule has 1 aliphatic heterocycles. The number of hydrogen-bond acceptors (Lipinski definition) is 9. The molecule has 40 heavy (non-hydrogen) atoms. The van der Waals surface area contributed by atoms with Crippen molar-refractivity contribution >= 4 is 43.3 Å². The van der Waals surface area contributed by atoms with Gasteiger partial charge in [0.1, 0.15) is 4.90 Å². The van der Waals surface area contributed by atoms with Crippen LogP contribution in [0.4, 0.5) is 18.9 Å². The molecule has 0 amide bonds. The third-order valence-electron chi connectivity index (χ3n) is 6.86. The van der Waals surface area contributed by atoms with Gasteiger partial charge in [-0.3, -0.25) is 4.79 Å². The number of piperidine rings is 1. The lowest BCUT2D eigenvalue weighted by atomic mass is 9.80. The number of sulfone groups is 1. The maximum Gasteiger partial charge on any atom is 0.501 e. The number of thioether (sulfide) groups is 1. The van der Waals surface area contributed by atoms with Crippen LogP contribution in [0.15, 0.2) is 63.2 Å². The van der Waals surface area contributed by atoms with Crippen molar-refractivity contribution in [2.45, 2.75) is 52.4 Å². The summed E-state index contributed by atoms with van der Waals surface area (Å²) in [5, 5.41) is 7.98. The van der Waals surface area contributed by atoms with Crippen molar-refractivity contribution < 1.29 is 39.5 Å². The van der Waals surface area contributed by atoms with Gasteiger partial charge in [-0.2, -0.15) is 13.2 Å². The Morgan fingerprint density at radius 3 is 2.30 bits per heavy atom. The molecule has 0 unspecified atom stereocenters. The van der Waals surface area contributed by atoms with Crippen LogP contribution in [0, 0.1) is 5.41 Å². The molecule has 1 heterocycles. The summed E-state index contributed by atoms with van der Waals surface area (Å²) in [5.41, 5.74) is -6.62. The van der Waals surface area contributed by atoms with Gasteiger partial charge in [-0.1, -0.05) is 18.2 Å². The summed E-state index contributed by atoms with van der Waals surface area (Å²) in [6.45, 7) is 3.60. The van der Waals surface area contributed by atoms with E-state index in [0.717, 1.165) is 17.0 Å². The minimum atomic E-state index is -5.91. The second kappa shape index (κ2) is 12.7. The number of methoxy groups -OCH3 is 1. The molecule has 1 atom stereocenters. The molecule has 15 heteroatoms. The Bertz CT molecular complexity index is 1400. The van der Waals surface area contributed by atoms with E-state index in [0.29, 0.717) is 50.7 Å². The fourth-order valence-corrected chi connectivity index (χ4v) is 6.89. The highest BCUT2D eigenvalue weighted by Crippen LogP contribution is 2.37. The van der Waals surface area contributed by atoms with Gasteiger partial charge in [0.2, 0.25) is 10.0 Å². The molecule has 222 valence electrons. The fraction of sp³-hybridized carbons (Fsp3) is 0.480. The normalized spacial score (nSPS) is 17.2. The topological polar surface area (TPSA) is 136 Å². The standard InChI is InChI=1S/C25H32F3N3O6S3/c1-24(23(32)37-2)11-14-31(15-12-24)13-10-18(17-38-19-6-4-3-5-7-19)30-21-9-8-20(40(29,35)36)16-22(21)39(33,34)25(26,27)28/h3-9,16,18,30H,10-15,17H2,1-2H3,(H2,29,35,36)/t18-/m1/s1. The van der Waals surface area contributed by atoms with Crippen molar-refractivity contribution in [1.29, 1.82) is 0 Å². The maximum absolute atomic E-state index is 13.5. The molecule has 1 fully saturated rings. The average Bonchev–Trinajstić information content (AvgIpc) is 2.90. The molecule has 2 aromatic rings. The van der Waals surface area contributed by atoms with E-state index in [9.17, 15) is 34.8 Å². The number of nitrogens with two attached hydrogens (primary N) is 1. The number of carbonyl (C=O) groups is 1. The van der Waals surface area contributed by atoms with E-state index in [2.05, 4.69) is 10.2 Å². The first-order chi connectivity index (χ1) is 18.6. The lowest BCUT2D eigenvalue weighted by molar-refractivity contribution is -0.154. The second-order valence-electron chi connectivity index (χ2n) is 9.80. The van der Waals surface area contributed by atoms with E-state index >= 15 is 0 Å². The number of alkyl halides is 3. The Kier molecular flexibility index (Phi) is 10.2. The minimum Gasteiger partial charge on any atom is -0.469 e. The van der Waals surface area contributed by atoms with Crippen LogP contribution in [0.5, 0.6) is 0 Å². The lowest BCUT2D eigenvalue weighted by Crippen LogP contribution is -2.44. The number of anilines is 1. The number of halogens is 3. The summed E-state index contributed by atoms with van der Waals surface area (Å²) < 4.78 is 93.9. The third kappa shape index (κ3) is 7.90. The first kappa shape index (κ1) is 32.2. The van der Waals surface area contributed by atoms with Gasteiger partial charge in [0.15, 0.2) is 0 Å². The number of nitrogens with one attached hydrogen (secondary N) is 1. The Balaban J connectivity index is 1.86. The van der Waals surface area contributed by atoms with E-state index in [-0.39, 0.29) is 11.7 Å². The van der Waals surface area contributed by atoms with Gasteiger partial charge in [0.25, 0.3) is 9.84 Å². The lowest BCUT2D eigenvalue weighted by Gasteiger charge is -2.37. The first-order valence-corrected chi connectivity index (χ1v) is 16.3. The van der Waals surface area contributed by atoms with Crippen LogP contribution in [0.1, 0.15) is 26.2 Å². The number of esters is 1. The second-order valence-corrected chi connectivity index (χ2v) is 14.4. The van der Waals surface area contributed by atoms with Crippen molar-refractivity contribution in [3.63, 3.8) is 0 Å². The summed E-state index contributed by atoms with van der Waals surface area (Å²) in [5.74, 6) is 0.104. The zero-order chi connectivity index (χ0) is 29.8. The van der Waals surface area contributed by atoms with Crippen LogP contribution in [-0.2, 0) is 29.4 Å². The quantitative estimate of drug-likeness (QED) is 0.283. The van der Waals surface area contributed by atoms with Crippen molar-refractivity contribution in [3.05, 3.63) is 48.5 Å². The molecule has 0 saturated carbocycles. The van der Waals surface area contributed by atoms with Gasteiger partial charge in [-0.15, -0.1) is 11.8 Å². The molecule has 0 bridgehead atoms. The number of likely N-dealkylation sites (tertiary alicyclic amines) is 1. The predicted molar refractivity (Wildman–Crippen MR) is 146 cm³/mol. The monoisotopic (exact) mass is 623 g/mol. The zero-order valence-electron chi connectivity index (χ0n) is 22.0. The molecule has 0 aromatic heterocycles. The molecule has 2 aromatic carbocycles. The van der Waals surface area contributed by atoms with Crippen molar-refractivity contribution in [2.24, 2.45) is 10.6 Å². The molecule has 0 aliphatic carbocycles. The van der Waals surface area contributed by atoms with Crippen LogP contribution in [0.2, 0.25) is 0 Å². The molecule has 1 aliphatic rings. The first-order valence-electron chi connectivity index (χ1n) is 12.3. The van der Waals surface area contributed by atoms with E-state index in [1.807, 2.05) is 37.3 Å². The van der Waals surface area contributed by atoms with E-state index in [1.54, 1.807) is 0 Å². The van der Waals surface area contributed by atoms with E-state index in [1.165, 1.54) is 18.9 Å². The van der Waals surface area contributed by atoms with Crippen LogP contribution in [0.3, 0.4) is 0 Å². The Hall–Kier alpha value is -2.33. The van der Waals surface area contributed by atoms with Gasteiger partial charge in [0.05, 0.1) is 23.1 Å². The van der Waals surface area contributed by atoms with Gasteiger partial charge in [-0.25, -0.2) is 22.0 Å². The van der Waals surface area contributed by atoms with Crippen LogP contribution in [-0.4, -0.2) is 71.8 Å². The number of primary sulfonamides is 1. The molecule has 9 nitrogen and oxygen atoms in total.